The van der Waals surface area contributed by atoms with Crippen LogP contribution in [0.3, 0.4) is 0 Å². The Hall–Kier alpha value is -3.47. The second kappa shape index (κ2) is 13.7. The fraction of sp³-hybridized carbons (Fsp3) is 0.484. The average molecular weight is 597 g/mol. The molecule has 0 saturated carbocycles. The number of halogens is 1. The van der Waals surface area contributed by atoms with Crippen LogP contribution in [0.25, 0.3) is 0 Å². The van der Waals surface area contributed by atoms with Gasteiger partial charge in [0.15, 0.2) is 5.75 Å². The molecule has 0 aliphatic carbocycles. The van der Waals surface area contributed by atoms with Crippen molar-refractivity contribution in [1.29, 1.82) is 0 Å². The maximum atomic E-state index is 6.53. The summed E-state index contributed by atoms with van der Waals surface area (Å²) in [6.45, 7) is 8.88. The van der Waals surface area contributed by atoms with Crippen LogP contribution in [0, 0.1) is 6.92 Å². The van der Waals surface area contributed by atoms with E-state index in [1.165, 1.54) is 25.9 Å². The molecule has 2 saturated heterocycles. The van der Waals surface area contributed by atoms with Gasteiger partial charge in [-0.3, -0.25) is 4.90 Å². The molecule has 0 unspecified atom stereocenters. The van der Waals surface area contributed by atoms with E-state index in [9.17, 15) is 0 Å². The number of ether oxygens (including phenoxy) is 4. The van der Waals surface area contributed by atoms with Gasteiger partial charge in [-0.2, -0.15) is 0 Å². The van der Waals surface area contributed by atoms with Gasteiger partial charge >= 0.3 is 0 Å². The molecule has 1 N–H and O–H groups in total. The maximum absolute atomic E-state index is 6.53. The number of piperazine rings is 1. The Morgan fingerprint density at radius 2 is 1.55 bits per heavy atom. The standard InChI is InChI=1S/C31H41ClN6O4/c1-21-25(30(32)29(41-5)17-27(21)39-3)20-42-24-18-33-31(34-19-24)35-22-6-7-26(28(16-22)40-4)38-10-8-23(9-11-38)37-14-12-36(2)13-15-37/h6-7,16-19,23H,8-15,20H2,1-5H3,(H,33,34,35). The fourth-order valence-corrected chi connectivity index (χ4v) is 6.03. The van der Waals surface area contributed by atoms with E-state index >= 15 is 0 Å². The smallest absolute Gasteiger partial charge is 0.227 e. The first kappa shape index (κ1) is 30.0. The molecule has 2 aliphatic heterocycles. The molecule has 2 aromatic carbocycles. The zero-order chi connectivity index (χ0) is 29.6. The Balaban J connectivity index is 1.18. The zero-order valence-electron chi connectivity index (χ0n) is 25.2. The number of piperidine rings is 1. The molecule has 0 atom stereocenters. The number of rotatable bonds is 10. The summed E-state index contributed by atoms with van der Waals surface area (Å²) in [5.74, 6) is 3.03. The van der Waals surface area contributed by atoms with E-state index in [0.717, 1.165) is 54.4 Å². The van der Waals surface area contributed by atoms with Gasteiger partial charge in [0.05, 0.1) is 44.4 Å². The highest BCUT2D eigenvalue weighted by atomic mass is 35.5. The minimum Gasteiger partial charge on any atom is -0.496 e. The van der Waals surface area contributed by atoms with Gasteiger partial charge in [0.25, 0.3) is 0 Å². The minimum atomic E-state index is 0.222. The molecule has 11 heteroatoms. The third kappa shape index (κ3) is 6.77. The van der Waals surface area contributed by atoms with Crippen molar-refractivity contribution in [3.05, 3.63) is 52.8 Å². The first-order chi connectivity index (χ1) is 20.4. The van der Waals surface area contributed by atoms with Crippen LogP contribution >= 0.6 is 11.6 Å². The predicted molar refractivity (Wildman–Crippen MR) is 166 cm³/mol. The van der Waals surface area contributed by atoms with E-state index in [1.54, 1.807) is 39.8 Å². The lowest BCUT2D eigenvalue weighted by Crippen LogP contribution is -2.52. The lowest BCUT2D eigenvalue weighted by molar-refractivity contribution is 0.0981. The lowest BCUT2D eigenvalue weighted by atomic mass is 10.0. The maximum Gasteiger partial charge on any atom is 0.227 e. The molecule has 0 radical (unpaired) electrons. The number of nitrogens with zero attached hydrogens (tertiary/aromatic N) is 5. The number of benzene rings is 2. The second-order valence-corrected chi connectivity index (χ2v) is 11.2. The monoisotopic (exact) mass is 596 g/mol. The second-order valence-electron chi connectivity index (χ2n) is 10.8. The SMILES string of the molecule is COc1cc(Nc2ncc(OCc3c(C)c(OC)cc(OC)c3Cl)cn2)ccc1N1CCC(N2CCN(C)CC2)CC1. The Bertz CT molecular complexity index is 1310. The Kier molecular flexibility index (Phi) is 9.76. The van der Waals surface area contributed by atoms with Crippen LogP contribution < -0.4 is 29.2 Å². The molecular formula is C31H41ClN6O4. The molecule has 5 rings (SSSR count). The van der Waals surface area contributed by atoms with E-state index in [1.807, 2.05) is 19.1 Å². The van der Waals surface area contributed by atoms with Gasteiger partial charge in [-0.15, -0.1) is 0 Å². The van der Waals surface area contributed by atoms with Crippen molar-refractivity contribution in [2.45, 2.75) is 32.4 Å². The fourth-order valence-electron chi connectivity index (χ4n) is 5.70. The number of aromatic nitrogens is 2. The minimum absolute atomic E-state index is 0.222. The highest BCUT2D eigenvalue weighted by Crippen LogP contribution is 2.38. The van der Waals surface area contributed by atoms with E-state index in [2.05, 4.69) is 43.1 Å². The highest BCUT2D eigenvalue weighted by molar-refractivity contribution is 6.33. The number of nitrogens with one attached hydrogen (secondary N) is 1. The molecule has 10 nitrogen and oxygen atoms in total. The van der Waals surface area contributed by atoms with Gasteiger partial charge in [-0.1, -0.05) is 11.6 Å². The molecule has 0 spiro atoms. The van der Waals surface area contributed by atoms with Gasteiger partial charge in [-0.25, -0.2) is 9.97 Å². The van der Waals surface area contributed by atoms with Gasteiger partial charge in [0, 0.05) is 68.7 Å². The first-order valence-corrected chi connectivity index (χ1v) is 14.7. The van der Waals surface area contributed by atoms with Crippen molar-refractivity contribution in [2.24, 2.45) is 0 Å². The van der Waals surface area contributed by atoms with Crippen LogP contribution in [0.15, 0.2) is 36.7 Å². The third-order valence-electron chi connectivity index (χ3n) is 8.31. The average Bonchev–Trinajstić information content (AvgIpc) is 3.02. The summed E-state index contributed by atoms with van der Waals surface area (Å²) >= 11 is 6.53. The van der Waals surface area contributed by atoms with Crippen molar-refractivity contribution in [3.8, 4) is 23.0 Å². The molecule has 2 fully saturated rings. The number of methoxy groups -OCH3 is 3. The molecule has 3 aromatic rings. The molecule has 0 bridgehead atoms. The number of hydrogen-bond acceptors (Lipinski definition) is 10. The quantitative estimate of drug-likeness (QED) is 0.345. The van der Waals surface area contributed by atoms with Gasteiger partial charge in [0.1, 0.15) is 23.9 Å². The van der Waals surface area contributed by atoms with E-state index in [4.69, 9.17) is 30.5 Å². The summed E-state index contributed by atoms with van der Waals surface area (Å²) in [5, 5.41) is 3.76. The normalized spacial score (nSPS) is 16.8. The Morgan fingerprint density at radius 1 is 0.881 bits per heavy atom. The largest absolute Gasteiger partial charge is 0.496 e. The Morgan fingerprint density at radius 3 is 2.19 bits per heavy atom. The van der Waals surface area contributed by atoms with Crippen molar-refractivity contribution < 1.29 is 18.9 Å². The van der Waals surface area contributed by atoms with Crippen LogP contribution in [-0.4, -0.2) is 93.5 Å². The van der Waals surface area contributed by atoms with E-state index < -0.39 is 0 Å². The van der Waals surface area contributed by atoms with Crippen LogP contribution in [-0.2, 0) is 6.61 Å². The summed E-state index contributed by atoms with van der Waals surface area (Å²) in [6.07, 6.45) is 5.61. The molecule has 42 heavy (non-hydrogen) atoms. The van der Waals surface area contributed by atoms with Crippen molar-refractivity contribution in [3.63, 3.8) is 0 Å². The van der Waals surface area contributed by atoms with E-state index in [-0.39, 0.29) is 6.61 Å². The van der Waals surface area contributed by atoms with Gasteiger partial charge < -0.3 is 34.1 Å². The van der Waals surface area contributed by atoms with Crippen LogP contribution in [0.1, 0.15) is 24.0 Å². The topological polar surface area (TPSA) is 84.4 Å². The van der Waals surface area contributed by atoms with E-state index in [0.29, 0.717) is 34.3 Å². The summed E-state index contributed by atoms with van der Waals surface area (Å²) < 4.78 is 22.6. The van der Waals surface area contributed by atoms with Crippen LogP contribution in [0.2, 0.25) is 5.02 Å². The Labute approximate surface area is 253 Å². The lowest BCUT2D eigenvalue weighted by Gasteiger charge is -2.42. The van der Waals surface area contributed by atoms with Crippen molar-refractivity contribution in [1.82, 2.24) is 19.8 Å². The van der Waals surface area contributed by atoms with Crippen LogP contribution in [0.4, 0.5) is 17.3 Å². The first-order valence-electron chi connectivity index (χ1n) is 14.4. The summed E-state index contributed by atoms with van der Waals surface area (Å²) in [7, 11) is 7.11. The molecule has 2 aliphatic rings. The highest BCUT2D eigenvalue weighted by Gasteiger charge is 2.27. The number of hydrogen-bond donors (Lipinski definition) is 1. The molecule has 3 heterocycles. The third-order valence-corrected chi connectivity index (χ3v) is 8.73. The molecule has 1 aromatic heterocycles. The number of likely N-dealkylation sites (N-methyl/N-ethyl adjacent to an activating group) is 1. The van der Waals surface area contributed by atoms with Crippen molar-refractivity contribution in [2.75, 3.05) is 77.9 Å². The summed E-state index contributed by atoms with van der Waals surface area (Å²) in [4.78, 5) is 16.4. The molecule has 0 amide bonds. The summed E-state index contributed by atoms with van der Waals surface area (Å²) in [6, 6.07) is 8.59. The summed E-state index contributed by atoms with van der Waals surface area (Å²) in [5.41, 5.74) is 3.64. The van der Waals surface area contributed by atoms with Crippen molar-refractivity contribution >= 4 is 28.9 Å². The molecular weight excluding hydrogens is 556 g/mol. The number of anilines is 3. The molecule has 226 valence electrons. The van der Waals surface area contributed by atoms with Gasteiger partial charge in [-0.05, 0) is 44.5 Å². The zero-order valence-corrected chi connectivity index (χ0v) is 25.9. The van der Waals surface area contributed by atoms with Gasteiger partial charge in [0.2, 0.25) is 5.95 Å². The van der Waals surface area contributed by atoms with Crippen LogP contribution in [0.5, 0.6) is 23.0 Å². The predicted octanol–water partition coefficient (Wildman–Crippen LogP) is 5.00.